The Bertz CT molecular complexity index is 215. The van der Waals surface area contributed by atoms with E-state index >= 15 is 0 Å². The van der Waals surface area contributed by atoms with Gasteiger partial charge in [-0.25, -0.2) is 5.84 Å². The molecule has 6 heteroatoms. The van der Waals surface area contributed by atoms with Gasteiger partial charge in [0.2, 0.25) is 11.9 Å². The van der Waals surface area contributed by atoms with Crippen molar-refractivity contribution in [1.82, 2.24) is 16.1 Å². The lowest BCUT2D eigenvalue weighted by Crippen LogP contribution is -2.41. The van der Waals surface area contributed by atoms with Crippen molar-refractivity contribution in [2.75, 3.05) is 13.1 Å². The van der Waals surface area contributed by atoms with Crippen LogP contribution in [0.5, 0.6) is 0 Å². The summed E-state index contributed by atoms with van der Waals surface area (Å²) in [7, 11) is 0. The predicted molar refractivity (Wildman–Crippen MR) is 61.2 cm³/mol. The molecule has 0 aromatic rings. The van der Waals surface area contributed by atoms with Crippen LogP contribution in [-0.4, -0.2) is 31.0 Å². The average molecular weight is 215 g/mol. The van der Waals surface area contributed by atoms with E-state index in [0.29, 0.717) is 18.9 Å². The number of amides is 1. The molecule has 0 fully saturated rings. The Hall–Kier alpha value is -1.30. The van der Waals surface area contributed by atoms with Crippen molar-refractivity contribution in [1.29, 1.82) is 0 Å². The first-order valence-electron chi connectivity index (χ1n) is 5.14. The quantitative estimate of drug-likeness (QED) is 0.212. The Morgan fingerprint density at radius 3 is 2.60 bits per heavy atom. The third-order valence-electron chi connectivity index (χ3n) is 1.54. The van der Waals surface area contributed by atoms with Crippen molar-refractivity contribution in [2.45, 2.75) is 33.2 Å². The molecule has 15 heavy (non-hydrogen) atoms. The molecule has 5 N–H and O–H groups in total. The second kappa shape index (κ2) is 8.05. The summed E-state index contributed by atoms with van der Waals surface area (Å²) in [5, 5.41) is 5.72. The summed E-state index contributed by atoms with van der Waals surface area (Å²) in [5.74, 6) is 5.72. The van der Waals surface area contributed by atoms with Crippen molar-refractivity contribution in [3.05, 3.63) is 0 Å². The normalized spacial score (nSPS) is 11.4. The van der Waals surface area contributed by atoms with E-state index in [-0.39, 0.29) is 11.9 Å². The minimum absolute atomic E-state index is 0.00150. The molecule has 0 spiro atoms. The highest BCUT2D eigenvalue weighted by molar-refractivity contribution is 5.80. The van der Waals surface area contributed by atoms with Crippen LogP contribution in [0, 0.1) is 0 Å². The van der Waals surface area contributed by atoms with Gasteiger partial charge >= 0.3 is 0 Å². The smallest absolute Gasteiger partial charge is 0.222 e. The topological polar surface area (TPSA) is 91.5 Å². The van der Waals surface area contributed by atoms with Crippen LogP contribution in [0.4, 0.5) is 0 Å². The third-order valence-corrected chi connectivity index (χ3v) is 1.54. The Balaban J connectivity index is 3.79. The molecule has 0 aliphatic carbocycles. The van der Waals surface area contributed by atoms with Crippen LogP contribution in [0.1, 0.15) is 27.2 Å². The van der Waals surface area contributed by atoms with Crippen LogP contribution < -0.4 is 21.9 Å². The maximum absolute atomic E-state index is 11.2. The Labute approximate surface area is 90.7 Å². The molecule has 0 aromatic carbocycles. The number of guanidine groups is 1. The number of nitrogens with one attached hydrogen (secondary N) is 3. The van der Waals surface area contributed by atoms with Gasteiger partial charge in [0.25, 0.3) is 0 Å². The summed E-state index contributed by atoms with van der Waals surface area (Å²) >= 11 is 0. The summed E-state index contributed by atoms with van der Waals surface area (Å²) in [5.41, 5.74) is 2.42. The molecule has 0 aliphatic heterocycles. The second-order valence-corrected chi connectivity index (χ2v) is 3.38. The van der Waals surface area contributed by atoms with E-state index in [1.165, 1.54) is 0 Å². The van der Waals surface area contributed by atoms with Crippen LogP contribution in [0.15, 0.2) is 4.99 Å². The van der Waals surface area contributed by atoms with Gasteiger partial charge < -0.3 is 10.6 Å². The molecular weight excluding hydrogens is 194 g/mol. The minimum Gasteiger partial charge on any atom is -0.356 e. The first-order valence-corrected chi connectivity index (χ1v) is 5.14. The number of nitrogens with zero attached hydrogens (tertiary/aromatic N) is 1. The average Bonchev–Trinajstić information content (AvgIpc) is 2.15. The van der Waals surface area contributed by atoms with Crippen molar-refractivity contribution in [2.24, 2.45) is 10.8 Å². The van der Waals surface area contributed by atoms with E-state index in [9.17, 15) is 4.79 Å². The zero-order valence-corrected chi connectivity index (χ0v) is 9.63. The van der Waals surface area contributed by atoms with Gasteiger partial charge in [-0.1, -0.05) is 0 Å². The number of carbonyl (C=O) groups is 1. The molecule has 0 aliphatic rings. The molecule has 0 aromatic heterocycles. The number of aliphatic imine (C=N–C) groups is 1. The molecule has 0 atom stereocenters. The Morgan fingerprint density at radius 2 is 2.13 bits per heavy atom. The Kier molecular flexibility index (Phi) is 7.35. The Morgan fingerprint density at radius 1 is 1.47 bits per heavy atom. The van der Waals surface area contributed by atoms with Crippen LogP contribution in [0.3, 0.4) is 0 Å². The molecule has 88 valence electrons. The van der Waals surface area contributed by atoms with Crippen LogP contribution in [-0.2, 0) is 4.79 Å². The van der Waals surface area contributed by atoms with Crippen molar-refractivity contribution in [3.8, 4) is 0 Å². The lowest BCUT2D eigenvalue weighted by atomic mass is 10.3. The summed E-state index contributed by atoms with van der Waals surface area (Å²) < 4.78 is 0. The summed E-state index contributed by atoms with van der Waals surface area (Å²) in [6.45, 7) is 6.95. The van der Waals surface area contributed by atoms with Gasteiger partial charge in [-0.2, -0.15) is 0 Å². The lowest BCUT2D eigenvalue weighted by Gasteiger charge is -2.08. The molecular formula is C9H21N5O. The fraction of sp³-hybridized carbons (Fsp3) is 0.778. The maximum atomic E-state index is 11.2. The summed E-state index contributed by atoms with van der Waals surface area (Å²) in [4.78, 5) is 15.3. The first kappa shape index (κ1) is 13.7. The van der Waals surface area contributed by atoms with Gasteiger partial charge in [0.05, 0.1) is 6.54 Å². The van der Waals surface area contributed by atoms with Gasteiger partial charge in [-0.3, -0.25) is 15.2 Å². The van der Waals surface area contributed by atoms with Crippen molar-refractivity contribution < 1.29 is 4.79 Å². The fourth-order valence-corrected chi connectivity index (χ4v) is 0.983. The van der Waals surface area contributed by atoms with E-state index in [4.69, 9.17) is 5.84 Å². The first-order chi connectivity index (χ1) is 7.10. The summed E-state index contributed by atoms with van der Waals surface area (Å²) in [6.07, 6.45) is 0.370. The number of rotatable bonds is 5. The molecule has 0 rings (SSSR count). The number of nitrogens with two attached hydrogens (primary N) is 1. The zero-order valence-electron chi connectivity index (χ0n) is 9.63. The summed E-state index contributed by atoms with van der Waals surface area (Å²) in [6, 6.07) is 0.169. The standard InChI is InChI=1S/C9H21N5O/c1-4-11-9(14-10)12-6-5-8(15)13-7(2)3/h7H,4-6,10H2,1-3H3,(H,13,15)(H2,11,12,14). The molecule has 0 heterocycles. The van der Waals surface area contributed by atoms with E-state index < -0.39 is 0 Å². The highest BCUT2D eigenvalue weighted by Gasteiger charge is 2.02. The molecule has 0 bridgehead atoms. The molecule has 6 nitrogen and oxygen atoms in total. The monoisotopic (exact) mass is 215 g/mol. The largest absolute Gasteiger partial charge is 0.356 e. The van der Waals surface area contributed by atoms with E-state index in [2.05, 4.69) is 21.1 Å². The van der Waals surface area contributed by atoms with Crippen molar-refractivity contribution >= 4 is 11.9 Å². The van der Waals surface area contributed by atoms with Gasteiger partial charge in [0.15, 0.2) is 0 Å². The molecule has 0 saturated heterocycles. The molecule has 0 unspecified atom stereocenters. The molecule has 0 radical (unpaired) electrons. The van der Waals surface area contributed by atoms with Gasteiger partial charge in [0, 0.05) is 19.0 Å². The number of hydrogen-bond acceptors (Lipinski definition) is 3. The van der Waals surface area contributed by atoms with Crippen LogP contribution in [0.25, 0.3) is 0 Å². The SMILES string of the molecule is CCNC(=NCCC(=O)NC(C)C)NN. The molecule has 1 amide bonds. The maximum Gasteiger partial charge on any atom is 0.222 e. The number of hydrogen-bond donors (Lipinski definition) is 4. The minimum atomic E-state index is 0.00150. The second-order valence-electron chi connectivity index (χ2n) is 3.38. The third kappa shape index (κ3) is 7.75. The van der Waals surface area contributed by atoms with E-state index in [0.717, 1.165) is 6.54 Å². The zero-order chi connectivity index (χ0) is 11.7. The van der Waals surface area contributed by atoms with Crippen molar-refractivity contribution in [3.63, 3.8) is 0 Å². The van der Waals surface area contributed by atoms with E-state index in [1.54, 1.807) is 0 Å². The van der Waals surface area contributed by atoms with Gasteiger partial charge in [0.1, 0.15) is 0 Å². The van der Waals surface area contributed by atoms with Crippen LogP contribution >= 0.6 is 0 Å². The van der Waals surface area contributed by atoms with Gasteiger partial charge in [-0.05, 0) is 20.8 Å². The van der Waals surface area contributed by atoms with E-state index in [1.807, 2.05) is 20.8 Å². The number of carbonyl (C=O) groups excluding carboxylic acids is 1. The predicted octanol–water partition coefficient (Wildman–Crippen LogP) is -0.670. The lowest BCUT2D eigenvalue weighted by molar-refractivity contribution is -0.121. The highest BCUT2D eigenvalue weighted by atomic mass is 16.1. The van der Waals surface area contributed by atoms with Gasteiger partial charge in [-0.15, -0.1) is 0 Å². The molecule has 0 saturated carbocycles. The fourth-order valence-electron chi connectivity index (χ4n) is 0.983. The van der Waals surface area contributed by atoms with Crippen LogP contribution in [0.2, 0.25) is 0 Å². The highest BCUT2D eigenvalue weighted by Crippen LogP contribution is 1.85. The number of hydrazine groups is 1.